The molecule has 20 heavy (non-hydrogen) atoms. The van der Waals surface area contributed by atoms with E-state index < -0.39 is 5.79 Å². The molecule has 0 bridgehead atoms. The number of amides is 1. The van der Waals surface area contributed by atoms with Gasteiger partial charge < -0.3 is 14.4 Å². The quantitative estimate of drug-likeness (QED) is 0.831. The van der Waals surface area contributed by atoms with Gasteiger partial charge in [0.15, 0.2) is 5.79 Å². The van der Waals surface area contributed by atoms with Gasteiger partial charge in [-0.2, -0.15) is 0 Å². The fourth-order valence-electron chi connectivity index (χ4n) is 2.99. The second kappa shape index (κ2) is 5.19. The first-order valence-electron chi connectivity index (χ1n) is 7.20. The van der Waals surface area contributed by atoms with Crippen LogP contribution in [0.4, 0.5) is 0 Å². The molecule has 4 heteroatoms. The predicted octanol–water partition coefficient (Wildman–Crippen LogP) is 2.33. The Kier molecular flexibility index (Phi) is 3.52. The normalized spacial score (nSPS) is 29.1. The minimum Gasteiger partial charge on any atom is -0.348 e. The average molecular weight is 275 g/mol. The van der Waals surface area contributed by atoms with Gasteiger partial charge in [-0.1, -0.05) is 30.3 Å². The molecular weight excluding hydrogens is 254 g/mol. The van der Waals surface area contributed by atoms with Gasteiger partial charge in [0, 0.05) is 13.0 Å². The Bertz CT molecular complexity index is 486. The number of carbonyl (C=O) groups excluding carboxylic acids is 1. The fraction of sp³-hybridized carbons (Fsp3) is 0.562. The van der Waals surface area contributed by atoms with Crippen molar-refractivity contribution in [2.75, 3.05) is 6.61 Å². The molecule has 2 aliphatic heterocycles. The molecule has 1 aromatic carbocycles. The summed E-state index contributed by atoms with van der Waals surface area (Å²) in [7, 11) is 0. The molecule has 0 spiro atoms. The van der Waals surface area contributed by atoms with Crippen molar-refractivity contribution < 1.29 is 14.3 Å². The van der Waals surface area contributed by atoms with Crippen LogP contribution in [-0.4, -0.2) is 35.3 Å². The van der Waals surface area contributed by atoms with Crippen LogP contribution in [0.25, 0.3) is 0 Å². The molecule has 2 saturated heterocycles. The fourth-order valence-corrected chi connectivity index (χ4v) is 2.99. The molecule has 1 aromatic rings. The van der Waals surface area contributed by atoms with E-state index in [0.717, 1.165) is 12.0 Å². The van der Waals surface area contributed by atoms with Gasteiger partial charge in [0.1, 0.15) is 0 Å². The van der Waals surface area contributed by atoms with Crippen molar-refractivity contribution in [1.82, 2.24) is 4.90 Å². The van der Waals surface area contributed by atoms with Crippen LogP contribution in [0.1, 0.15) is 32.3 Å². The van der Waals surface area contributed by atoms with E-state index in [4.69, 9.17) is 9.47 Å². The number of carbonyl (C=O) groups is 1. The van der Waals surface area contributed by atoms with Gasteiger partial charge in [0.25, 0.3) is 0 Å². The highest BCUT2D eigenvalue weighted by atomic mass is 16.7. The largest absolute Gasteiger partial charge is 0.348 e. The number of likely N-dealkylation sites (tertiary alicyclic amines) is 1. The van der Waals surface area contributed by atoms with Crippen molar-refractivity contribution in [3.8, 4) is 0 Å². The third kappa shape index (κ3) is 2.72. The van der Waals surface area contributed by atoms with Gasteiger partial charge in [-0.25, -0.2) is 0 Å². The maximum atomic E-state index is 12.2. The Labute approximate surface area is 119 Å². The highest BCUT2D eigenvalue weighted by Crippen LogP contribution is 2.32. The molecule has 0 radical (unpaired) electrons. The predicted molar refractivity (Wildman–Crippen MR) is 74.9 cm³/mol. The lowest BCUT2D eigenvalue weighted by Crippen LogP contribution is -2.60. The number of nitrogens with zero attached hydrogens (tertiary/aromatic N) is 1. The SMILES string of the molecule is CC1(C)OC[C@H]2[C@@H](CCC(=O)N2Cc2ccccc2)O1. The summed E-state index contributed by atoms with van der Waals surface area (Å²) in [6, 6.07) is 10.1. The number of hydrogen-bond acceptors (Lipinski definition) is 3. The van der Waals surface area contributed by atoms with Gasteiger partial charge in [0.2, 0.25) is 5.91 Å². The van der Waals surface area contributed by atoms with Gasteiger partial charge in [-0.15, -0.1) is 0 Å². The van der Waals surface area contributed by atoms with Gasteiger partial charge in [0.05, 0.1) is 18.8 Å². The van der Waals surface area contributed by atoms with Gasteiger partial charge >= 0.3 is 0 Å². The number of rotatable bonds is 2. The van der Waals surface area contributed by atoms with Crippen LogP contribution in [0.5, 0.6) is 0 Å². The molecule has 4 nitrogen and oxygen atoms in total. The molecule has 2 atom stereocenters. The van der Waals surface area contributed by atoms with Crippen LogP contribution in [0.15, 0.2) is 30.3 Å². The summed E-state index contributed by atoms with van der Waals surface area (Å²) < 4.78 is 11.7. The Morgan fingerprint density at radius 3 is 2.80 bits per heavy atom. The summed E-state index contributed by atoms with van der Waals surface area (Å²) in [4.78, 5) is 14.1. The average Bonchev–Trinajstić information content (AvgIpc) is 2.42. The van der Waals surface area contributed by atoms with Crippen molar-refractivity contribution in [2.45, 2.75) is 51.2 Å². The zero-order valence-electron chi connectivity index (χ0n) is 12.0. The van der Waals surface area contributed by atoms with Crippen molar-refractivity contribution in [2.24, 2.45) is 0 Å². The van der Waals surface area contributed by atoms with Crippen molar-refractivity contribution in [3.63, 3.8) is 0 Å². The summed E-state index contributed by atoms with van der Waals surface area (Å²) in [5.74, 6) is -0.345. The third-order valence-electron chi connectivity index (χ3n) is 4.03. The number of fused-ring (bicyclic) bond motifs is 1. The molecule has 0 aliphatic carbocycles. The first kappa shape index (κ1) is 13.6. The monoisotopic (exact) mass is 275 g/mol. The Balaban J connectivity index is 1.77. The second-order valence-electron chi connectivity index (χ2n) is 5.98. The second-order valence-corrected chi connectivity index (χ2v) is 5.98. The van der Waals surface area contributed by atoms with Crippen LogP contribution >= 0.6 is 0 Å². The molecule has 0 N–H and O–H groups in total. The van der Waals surface area contributed by atoms with E-state index in [-0.39, 0.29) is 18.1 Å². The molecule has 2 aliphatic rings. The van der Waals surface area contributed by atoms with E-state index >= 15 is 0 Å². The van der Waals surface area contributed by atoms with Crippen LogP contribution < -0.4 is 0 Å². The summed E-state index contributed by atoms with van der Waals surface area (Å²) in [6.45, 7) is 5.05. The third-order valence-corrected chi connectivity index (χ3v) is 4.03. The van der Waals surface area contributed by atoms with Gasteiger partial charge in [-0.3, -0.25) is 4.79 Å². The summed E-state index contributed by atoms with van der Waals surface area (Å²) in [5.41, 5.74) is 1.14. The molecule has 1 amide bonds. The minimum atomic E-state index is -0.542. The topological polar surface area (TPSA) is 38.8 Å². The Hall–Kier alpha value is -1.39. The van der Waals surface area contributed by atoms with E-state index in [9.17, 15) is 4.79 Å². The maximum absolute atomic E-state index is 12.2. The van der Waals surface area contributed by atoms with Crippen LogP contribution in [0.3, 0.4) is 0 Å². The smallest absolute Gasteiger partial charge is 0.223 e. The first-order chi connectivity index (χ1) is 9.55. The van der Waals surface area contributed by atoms with Crippen LogP contribution in [0, 0.1) is 0 Å². The van der Waals surface area contributed by atoms with Crippen molar-refractivity contribution in [3.05, 3.63) is 35.9 Å². The van der Waals surface area contributed by atoms with E-state index in [2.05, 4.69) is 0 Å². The van der Waals surface area contributed by atoms with Crippen molar-refractivity contribution >= 4 is 5.91 Å². The number of benzene rings is 1. The molecule has 0 saturated carbocycles. The summed E-state index contributed by atoms with van der Waals surface area (Å²) in [6.07, 6.45) is 1.44. The molecule has 2 fully saturated rings. The highest BCUT2D eigenvalue weighted by molar-refractivity contribution is 5.77. The molecule has 0 unspecified atom stereocenters. The maximum Gasteiger partial charge on any atom is 0.223 e. The molecule has 0 aromatic heterocycles. The number of ether oxygens (including phenoxy) is 2. The van der Waals surface area contributed by atoms with Crippen LogP contribution in [0.2, 0.25) is 0 Å². The lowest BCUT2D eigenvalue weighted by atomic mass is 9.96. The van der Waals surface area contributed by atoms with Crippen LogP contribution in [-0.2, 0) is 20.8 Å². The van der Waals surface area contributed by atoms with E-state index in [1.165, 1.54) is 0 Å². The van der Waals surface area contributed by atoms with E-state index in [0.29, 0.717) is 19.6 Å². The van der Waals surface area contributed by atoms with E-state index in [1.54, 1.807) is 0 Å². The standard InChI is InChI=1S/C16H21NO3/c1-16(2)19-11-13-14(20-16)8-9-15(18)17(13)10-12-6-4-3-5-7-12/h3-7,13-14H,8-11H2,1-2H3/t13-,14+/m0/s1. The molecule has 2 heterocycles. The zero-order valence-corrected chi connectivity index (χ0v) is 12.0. The zero-order chi connectivity index (χ0) is 14.2. The summed E-state index contributed by atoms with van der Waals surface area (Å²) in [5, 5.41) is 0. The number of hydrogen-bond donors (Lipinski definition) is 0. The van der Waals surface area contributed by atoms with E-state index in [1.807, 2.05) is 49.1 Å². The molecule has 3 rings (SSSR count). The highest BCUT2D eigenvalue weighted by Gasteiger charge is 2.43. The lowest BCUT2D eigenvalue weighted by molar-refractivity contribution is -0.298. The first-order valence-corrected chi connectivity index (χ1v) is 7.20. The Morgan fingerprint density at radius 1 is 1.30 bits per heavy atom. The van der Waals surface area contributed by atoms with Crippen molar-refractivity contribution in [1.29, 1.82) is 0 Å². The molecular formula is C16H21NO3. The minimum absolute atomic E-state index is 0.0319. The lowest BCUT2D eigenvalue weighted by Gasteiger charge is -2.48. The Morgan fingerprint density at radius 2 is 2.05 bits per heavy atom. The molecule has 108 valence electrons. The summed E-state index contributed by atoms with van der Waals surface area (Å²) >= 11 is 0. The van der Waals surface area contributed by atoms with Gasteiger partial charge in [-0.05, 0) is 25.8 Å². The number of piperidine rings is 1.